The number of ether oxygens (including phenoxy) is 2. The Labute approximate surface area is 139 Å². The molecule has 0 bridgehead atoms. The maximum atomic E-state index is 12.1. The highest BCUT2D eigenvalue weighted by atomic mass is 16.6. The van der Waals surface area contributed by atoms with E-state index in [1.54, 1.807) is 4.90 Å². The lowest BCUT2D eigenvalue weighted by Crippen LogP contribution is -2.36. The lowest BCUT2D eigenvalue weighted by Gasteiger charge is -2.24. The van der Waals surface area contributed by atoms with E-state index >= 15 is 0 Å². The first-order valence-electron chi connectivity index (χ1n) is 8.24. The zero-order valence-corrected chi connectivity index (χ0v) is 14.8. The van der Waals surface area contributed by atoms with Crippen LogP contribution in [-0.2, 0) is 4.74 Å². The van der Waals surface area contributed by atoms with Crippen LogP contribution in [0, 0.1) is 0 Å². The van der Waals surface area contributed by atoms with E-state index < -0.39 is 5.60 Å². The van der Waals surface area contributed by atoms with Gasteiger partial charge in [-0.25, -0.2) is 4.79 Å². The molecule has 5 nitrogen and oxygen atoms in total. The van der Waals surface area contributed by atoms with E-state index in [0.717, 1.165) is 24.4 Å². The molecule has 1 aliphatic heterocycles. The topological polar surface area (TPSA) is 50.8 Å². The van der Waals surface area contributed by atoms with E-state index in [9.17, 15) is 4.79 Å². The molecule has 5 heteroatoms. The Morgan fingerprint density at radius 1 is 1.26 bits per heavy atom. The lowest BCUT2D eigenvalue weighted by molar-refractivity contribution is 0.0293. The van der Waals surface area contributed by atoms with Crippen molar-refractivity contribution >= 4 is 11.8 Å². The van der Waals surface area contributed by atoms with Crippen LogP contribution in [0.25, 0.3) is 0 Å². The highest BCUT2D eigenvalue weighted by molar-refractivity contribution is 5.68. The summed E-state index contributed by atoms with van der Waals surface area (Å²) in [5.41, 5.74) is 0.589. The Morgan fingerprint density at radius 2 is 1.91 bits per heavy atom. The van der Waals surface area contributed by atoms with E-state index in [4.69, 9.17) is 9.47 Å². The van der Waals surface area contributed by atoms with Gasteiger partial charge in [0.1, 0.15) is 11.4 Å². The monoisotopic (exact) mass is 320 g/mol. The van der Waals surface area contributed by atoms with Gasteiger partial charge in [0.2, 0.25) is 0 Å². The number of likely N-dealkylation sites (tertiary alicyclic amines) is 1. The summed E-state index contributed by atoms with van der Waals surface area (Å²) in [6, 6.07) is 8.19. The van der Waals surface area contributed by atoms with E-state index in [0.29, 0.717) is 6.54 Å². The van der Waals surface area contributed by atoms with Crippen LogP contribution in [0.3, 0.4) is 0 Å². The van der Waals surface area contributed by atoms with Crippen molar-refractivity contribution in [2.75, 3.05) is 18.4 Å². The van der Waals surface area contributed by atoms with Gasteiger partial charge in [0.15, 0.2) is 0 Å². The van der Waals surface area contributed by atoms with Gasteiger partial charge >= 0.3 is 6.09 Å². The summed E-state index contributed by atoms with van der Waals surface area (Å²) in [5.74, 6) is 0.868. The van der Waals surface area contributed by atoms with Crippen LogP contribution in [-0.4, -0.2) is 41.8 Å². The zero-order chi connectivity index (χ0) is 17.0. The summed E-state index contributed by atoms with van der Waals surface area (Å²) in [6.45, 7) is 11.1. The van der Waals surface area contributed by atoms with Crippen molar-refractivity contribution in [2.45, 2.75) is 58.8 Å². The van der Waals surface area contributed by atoms with Crippen LogP contribution in [0.1, 0.15) is 41.0 Å². The van der Waals surface area contributed by atoms with Gasteiger partial charge in [0, 0.05) is 24.8 Å². The number of anilines is 1. The SMILES string of the molecule is CC(C)Oc1ccc(NC2CCN(C(=O)OC(C)(C)C)C2)cc1. The van der Waals surface area contributed by atoms with Gasteiger partial charge in [-0.2, -0.15) is 0 Å². The first-order chi connectivity index (χ1) is 10.7. The zero-order valence-electron chi connectivity index (χ0n) is 14.8. The minimum absolute atomic E-state index is 0.172. The van der Waals surface area contributed by atoms with Crippen molar-refractivity contribution in [3.63, 3.8) is 0 Å². The molecule has 1 aromatic carbocycles. The van der Waals surface area contributed by atoms with Crippen LogP contribution in [0.15, 0.2) is 24.3 Å². The number of nitrogens with one attached hydrogen (secondary N) is 1. The molecule has 1 atom stereocenters. The minimum Gasteiger partial charge on any atom is -0.491 e. The van der Waals surface area contributed by atoms with Crippen LogP contribution in [0.2, 0.25) is 0 Å². The van der Waals surface area contributed by atoms with Crippen LogP contribution in [0.4, 0.5) is 10.5 Å². The van der Waals surface area contributed by atoms with E-state index in [-0.39, 0.29) is 18.2 Å². The fraction of sp³-hybridized carbons (Fsp3) is 0.611. The summed E-state index contributed by atoms with van der Waals surface area (Å²) in [5, 5.41) is 3.46. The van der Waals surface area contributed by atoms with Gasteiger partial charge in [-0.15, -0.1) is 0 Å². The standard InChI is InChI=1S/C18H28N2O3/c1-13(2)22-16-8-6-14(7-9-16)19-15-10-11-20(12-15)17(21)23-18(3,4)5/h6-9,13,15,19H,10-12H2,1-5H3. The molecule has 1 heterocycles. The Balaban J connectivity index is 1.84. The Kier molecular flexibility index (Phi) is 5.39. The summed E-state index contributed by atoms with van der Waals surface area (Å²) in [6.07, 6.45) is 0.859. The predicted molar refractivity (Wildman–Crippen MR) is 92.0 cm³/mol. The Bertz CT molecular complexity index is 520. The highest BCUT2D eigenvalue weighted by Gasteiger charge is 2.29. The molecule has 2 rings (SSSR count). The third-order valence-electron chi connectivity index (χ3n) is 3.44. The number of rotatable bonds is 4. The smallest absolute Gasteiger partial charge is 0.410 e. The largest absolute Gasteiger partial charge is 0.491 e. The first kappa shape index (κ1) is 17.4. The van der Waals surface area contributed by atoms with Gasteiger partial charge in [-0.05, 0) is 65.3 Å². The number of carbonyl (C=O) groups excluding carboxylic acids is 1. The van der Waals surface area contributed by atoms with E-state index in [1.807, 2.05) is 58.9 Å². The van der Waals surface area contributed by atoms with Gasteiger partial charge in [0.05, 0.1) is 6.10 Å². The van der Waals surface area contributed by atoms with Crippen molar-refractivity contribution < 1.29 is 14.3 Å². The van der Waals surface area contributed by atoms with Crippen LogP contribution >= 0.6 is 0 Å². The fourth-order valence-corrected chi connectivity index (χ4v) is 2.51. The first-order valence-corrected chi connectivity index (χ1v) is 8.24. The molecule has 0 aliphatic carbocycles. The second kappa shape index (κ2) is 7.11. The molecule has 1 amide bonds. The molecule has 1 unspecified atom stereocenters. The molecule has 1 aliphatic rings. The van der Waals surface area contributed by atoms with Crippen LogP contribution in [0.5, 0.6) is 5.75 Å². The molecule has 128 valence electrons. The summed E-state index contributed by atoms with van der Waals surface area (Å²) < 4.78 is 11.1. The summed E-state index contributed by atoms with van der Waals surface area (Å²) in [7, 11) is 0. The molecule has 1 aromatic rings. The van der Waals surface area contributed by atoms with Crippen molar-refractivity contribution in [1.82, 2.24) is 4.90 Å². The quantitative estimate of drug-likeness (QED) is 0.914. The normalized spacial score (nSPS) is 18.2. The number of amides is 1. The summed E-state index contributed by atoms with van der Waals surface area (Å²) in [4.78, 5) is 13.8. The minimum atomic E-state index is -0.450. The molecule has 0 aromatic heterocycles. The molecule has 1 fully saturated rings. The molecule has 0 radical (unpaired) electrons. The number of hydrogen-bond donors (Lipinski definition) is 1. The second-order valence-corrected chi connectivity index (χ2v) is 7.25. The predicted octanol–water partition coefficient (Wildman–Crippen LogP) is 3.90. The number of benzene rings is 1. The molecular weight excluding hydrogens is 292 g/mol. The number of nitrogens with zero attached hydrogens (tertiary/aromatic N) is 1. The Hall–Kier alpha value is -1.91. The van der Waals surface area contributed by atoms with Gasteiger partial charge in [0.25, 0.3) is 0 Å². The number of hydrogen-bond acceptors (Lipinski definition) is 4. The van der Waals surface area contributed by atoms with Crippen LogP contribution < -0.4 is 10.1 Å². The lowest BCUT2D eigenvalue weighted by atomic mass is 10.2. The van der Waals surface area contributed by atoms with Gasteiger partial charge in [-0.1, -0.05) is 0 Å². The second-order valence-electron chi connectivity index (χ2n) is 7.25. The van der Waals surface area contributed by atoms with Crippen molar-refractivity contribution in [3.05, 3.63) is 24.3 Å². The third-order valence-corrected chi connectivity index (χ3v) is 3.44. The average Bonchev–Trinajstić information content (AvgIpc) is 2.87. The molecule has 0 saturated carbocycles. The maximum Gasteiger partial charge on any atom is 0.410 e. The van der Waals surface area contributed by atoms with Crippen molar-refractivity contribution in [2.24, 2.45) is 0 Å². The molecule has 1 saturated heterocycles. The van der Waals surface area contributed by atoms with Gasteiger partial charge in [-0.3, -0.25) is 0 Å². The summed E-state index contributed by atoms with van der Waals surface area (Å²) >= 11 is 0. The van der Waals surface area contributed by atoms with E-state index in [1.165, 1.54) is 0 Å². The number of carbonyl (C=O) groups is 1. The van der Waals surface area contributed by atoms with Crippen molar-refractivity contribution in [3.8, 4) is 5.75 Å². The molecule has 23 heavy (non-hydrogen) atoms. The highest BCUT2D eigenvalue weighted by Crippen LogP contribution is 2.21. The van der Waals surface area contributed by atoms with E-state index in [2.05, 4.69) is 5.32 Å². The third kappa shape index (κ3) is 5.66. The Morgan fingerprint density at radius 3 is 2.48 bits per heavy atom. The average molecular weight is 320 g/mol. The fourth-order valence-electron chi connectivity index (χ4n) is 2.51. The maximum absolute atomic E-state index is 12.1. The molecule has 1 N–H and O–H groups in total. The van der Waals surface area contributed by atoms with Gasteiger partial charge < -0.3 is 19.7 Å². The molecule has 0 spiro atoms. The van der Waals surface area contributed by atoms with Crippen molar-refractivity contribution in [1.29, 1.82) is 0 Å². The molecular formula is C18H28N2O3.